The molecule has 21 heavy (non-hydrogen) atoms. The maximum atomic E-state index is 12.5. The van der Waals surface area contributed by atoms with Crippen LogP contribution in [0.1, 0.15) is 20.8 Å². The summed E-state index contributed by atoms with van der Waals surface area (Å²) < 4.78 is 33.1. The highest BCUT2D eigenvalue weighted by Crippen LogP contribution is 2.49. The number of hydrogen-bond donors (Lipinski definition) is 0. The van der Waals surface area contributed by atoms with Gasteiger partial charge in [0.1, 0.15) is 11.9 Å². The lowest BCUT2D eigenvalue weighted by Crippen LogP contribution is -2.20. The van der Waals surface area contributed by atoms with E-state index in [0.717, 1.165) is 0 Å². The molecule has 0 aliphatic heterocycles. The maximum absolute atomic E-state index is 12.5. The number of ether oxygens (including phenoxy) is 2. The summed E-state index contributed by atoms with van der Waals surface area (Å²) in [6.07, 6.45) is -1.25. The molecule has 0 saturated heterocycles. The number of benzene rings is 1. The second-order valence-electron chi connectivity index (χ2n) is 4.10. The molecule has 0 fully saturated rings. The van der Waals surface area contributed by atoms with Crippen molar-refractivity contribution in [1.82, 2.24) is 0 Å². The molecule has 0 saturated carbocycles. The van der Waals surface area contributed by atoms with E-state index in [9.17, 15) is 9.36 Å². The van der Waals surface area contributed by atoms with Gasteiger partial charge in [-0.25, -0.2) is 0 Å². The summed E-state index contributed by atoms with van der Waals surface area (Å²) in [5.74, 6) is -0.0506. The average Bonchev–Trinajstić information content (AvgIpc) is 2.39. The van der Waals surface area contributed by atoms with Crippen molar-refractivity contribution in [1.29, 1.82) is 0 Å². The molecule has 1 aromatic rings. The minimum absolute atomic E-state index is 0.161. The van der Waals surface area contributed by atoms with Crippen molar-refractivity contribution in [3.05, 3.63) is 30.3 Å². The molecule has 0 heterocycles. The number of carbonyl (C=O) groups excluding carboxylic acids is 1. The first-order valence-electron chi connectivity index (χ1n) is 6.78. The van der Waals surface area contributed by atoms with E-state index in [0.29, 0.717) is 5.75 Å². The molecule has 0 spiro atoms. The summed E-state index contributed by atoms with van der Waals surface area (Å²) in [5.41, 5.74) is 0. The summed E-state index contributed by atoms with van der Waals surface area (Å²) in [4.78, 5) is 11.5. The number of esters is 1. The van der Waals surface area contributed by atoms with Crippen LogP contribution in [0.15, 0.2) is 30.3 Å². The third kappa shape index (κ3) is 6.76. The molecule has 0 radical (unpaired) electrons. The lowest BCUT2D eigenvalue weighted by atomic mass is 10.3. The van der Waals surface area contributed by atoms with Crippen LogP contribution in [-0.2, 0) is 23.1 Å². The molecule has 0 aromatic heterocycles. The highest BCUT2D eigenvalue weighted by Gasteiger charge is 2.31. The Morgan fingerprint density at radius 1 is 1.19 bits per heavy atom. The molecule has 0 aliphatic rings. The van der Waals surface area contributed by atoms with Crippen LogP contribution in [0.2, 0.25) is 0 Å². The van der Waals surface area contributed by atoms with Gasteiger partial charge in [0.25, 0.3) is 0 Å². The predicted octanol–water partition coefficient (Wildman–Crippen LogP) is 3.22. The first kappa shape index (κ1) is 17.7. The van der Waals surface area contributed by atoms with E-state index in [1.165, 1.54) is 0 Å². The quantitative estimate of drug-likeness (QED) is 0.396. The molecule has 0 N–H and O–H groups in total. The molecule has 0 aliphatic carbocycles. The van der Waals surface area contributed by atoms with Crippen LogP contribution in [-0.4, -0.2) is 31.6 Å². The van der Waals surface area contributed by atoms with E-state index >= 15 is 0 Å². The van der Waals surface area contributed by atoms with Gasteiger partial charge in [-0.15, -0.1) is 0 Å². The Kier molecular flexibility index (Phi) is 7.43. The van der Waals surface area contributed by atoms with Crippen LogP contribution in [0.25, 0.3) is 0 Å². The van der Waals surface area contributed by atoms with Gasteiger partial charge in [-0.3, -0.25) is 13.9 Å². The smallest absolute Gasteiger partial charge is 0.344 e. The molecule has 118 valence electrons. The maximum Gasteiger partial charge on any atom is 0.344 e. The predicted molar refractivity (Wildman–Crippen MR) is 78.3 cm³/mol. The fourth-order valence-electron chi connectivity index (χ4n) is 1.61. The minimum Gasteiger partial charge on any atom is -0.466 e. The van der Waals surface area contributed by atoms with E-state index in [1.54, 1.807) is 32.9 Å². The van der Waals surface area contributed by atoms with Crippen LogP contribution < -0.4 is 4.74 Å². The second kappa shape index (κ2) is 8.82. The highest BCUT2D eigenvalue weighted by atomic mass is 31.2. The minimum atomic E-state index is -3.60. The van der Waals surface area contributed by atoms with Crippen molar-refractivity contribution >= 4 is 13.6 Å². The standard InChI is InChI=1S/C14H21O6P/c1-4-17-14(15)11-21(16,18-5-2)20-12(3)19-13-9-7-6-8-10-13/h6-10,12H,4-5,11H2,1-3H3. The molecular formula is C14H21O6P. The zero-order chi connectivity index (χ0) is 15.7. The zero-order valence-electron chi connectivity index (χ0n) is 12.5. The van der Waals surface area contributed by atoms with Gasteiger partial charge in [0.2, 0.25) is 6.29 Å². The van der Waals surface area contributed by atoms with Gasteiger partial charge in [0.15, 0.2) is 0 Å². The van der Waals surface area contributed by atoms with E-state index in [2.05, 4.69) is 0 Å². The van der Waals surface area contributed by atoms with Crippen molar-refractivity contribution in [3.8, 4) is 5.75 Å². The first-order valence-corrected chi connectivity index (χ1v) is 8.51. The molecule has 2 unspecified atom stereocenters. The molecule has 0 amide bonds. The molecule has 7 heteroatoms. The van der Waals surface area contributed by atoms with E-state index in [4.69, 9.17) is 18.5 Å². The van der Waals surface area contributed by atoms with E-state index in [1.807, 2.05) is 18.2 Å². The van der Waals surface area contributed by atoms with Crippen LogP contribution in [0.5, 0.6) is 5.75 Å². The van der Waals surface area contributed by atoms with Crippen molar-refractivity contribution < 1.29 is 27.9 Å². The SMILES string of the molecule is CCOC(=O)CP(=O)(OCC)OC(C)Oc1ccccc1. The van der Waals surface area contributed by atoms with Crippen LogP contribution >= 0.6 is 7.60 Å². The molecular weight excluding hydrogens is 295 g/mol. The highest BCUT2D eigenvalue weighted by molar-refractivity contribution is 7.54. The Morgan fingerprint density at radius 3 is 2.43 bits per heavy atom. The fourth-order valence-corrected chi connectivity index (χ4v) is 3.14. The number of rotatable bonds is 9. The number of hydrogen-bond acceptors (Lipinski definition) is 6. The summed E-state index contributed by atoms with van der Waals surface area (Å²) in [7, 11) is -3.60. The lowest BCUT2D eigenvalue weighted by molar-refractivity contribution is -0.140. The Labute approximate surface area is 124 Å². The lowest BCUT2D eigenvalue weighted by Gasteiger charge is -2.22. The number of para-hydroxylation sites is 1. The van der Waals surface area contributed by atoms with Gasteiger partial charge in [-0.1, -0.05) is 18.2 Å². The van der Waals surface area contributed by atoms with E-state index in [-0.39, 0.29) is 13.2 Å². The summed E-state index contributed by atoms with van der Waals surface area (Å²) in [6, 6.07) is 8.96. The Bertz CT molecular complexity index is 476. The van der Waals surface area contributed by atoms with Crippen LogP contribution in [0.4, 0.5) is 0 Å². The Hall–Kier alpha value is -1.36. The third-order valence-electron chi connectivity index (χ3n) is 2.31. The summed E-state index contributed by atoms with van der Waals surface area (Å²) in [6.45, 7) is 5.30. The molecule has 6 nitrogen and oxygen atoms in total. The van der Waals surface area contributed by atoms with Gasteiger partial charge in [-0.05, 0) is 32.9 Å². The molecule has 1 aromatic carbocycles. The van der Waals surface area contributed by atoms with Gasteiger partial charge < -0.3 is 14.0 Å². The zero-order valence-corrected chi connectivity index (χ0v) is 13.4. The van der Waals surface area contributed by atoms with E-state index < -0.39 is 26.0 Å². The summed E-state index contributed by atoms with van der Waals surface area (Å²) >= 11 is 0. The van der Waals surface area contributed by atoms with Crippen LogP contribution in [0.3, 0.4) is 0 Å². The fraction of sp³-hybridized carbons (Fsp3) is 0.500. The average molecular weight is 316 g/mol. The topological polar surface area (TPSA) is 71.1 Å². The Balaban J connectivity index is 2.63. The Morgan fingerprint density at radius 2 is 1.86 bits per heavy atom. The van der Waals surface area contributed by atoms with Crippen LogP contribution in [0, 0.1) is 0 Å². The van der Waals surface area contributed by atoms with Gasteiger partial charge in [0.05, 0.1) is 13.2 Å². The van der Waals surface area contributed by atoms with Crippen molar-refractivity contribution in [3.63, 3.8) is 0 Å². The largest absolute Gasteiger partial charge is 0.466 e. The number of carbonyl (C=O) groups is 1. The van der Waals surface area contributed by atoms with Crippen molar-refractivity contribution in [2.75, 3.05) is 19.4 Å². The first-order chi connectivity index (χ1) is 9.99. The third-order valence-corrected chi connectivity index (χ3v) is 4.22. The second-order valence-corrected chi connectivity index (χ2v) is 6.10. The van der Waals surface area contributed by atoms with Crippen molar-refractivity contribution in [2.45, 2.75) is 27.1 Å². The summed E-state index contributed by atoms with van der Waals surface area (Å²) in [5, 5.41) is 0. The normalized spacial score (nSPS) is 15.0. The molecule has 0 bridgehead atoms. The molecule has 2 atom stereocenters. The van der Waals surface area contributed by atoms with Crippen molar-refractivity contribution in [2.24, 2.45) is 0 Å². The van der Waals surface area contributed by atoms with Gasteiger partial charge >= 0.3 is 13.6 Å². The van der Waals surface area contributed by atoms with Gasteiger partial charge in [-0.2, -0.15) is 0 Å². The molecule has 1 rings (SSSR count). The van der Waals surface area contributed by atoms with Gasteiger partial charge in [0, 0.05) is 0 Å². The monoisotopic (exact) mass is 316 g/mol.